The summed E-state index contributed by atoms with van der Waals surface area (Å²) >= 11 is 0. The highest BCUT2D eigenvalue weighted by Gasteiger charge is 2.19. The third-order valence-electron chi connectivity index (χ3n) is 4.04. The van der Waals surface area contributed by atoms with Gasteiger partial charge in [0.05, 0.1) is 17.6 Å². The van der Waals surface area contributed by atoms with Crippen LogP contribution >= 0.6 is 0 Å². The van der Waals surface area contributed by atoms with Gasteiger partial charge in [-0.05, 0) is 30.2 Å². The number of methoxy groups -OCH3 is 1. The number of benzene rings is 2. The molecule has 1 aromatic heterocycles. The van der Waals surface area contributed by atoms with Gasteiger partial charge in [-0.1, -0.05) is 42.4 Å². The van der Waals surface area contributed by atoms with Crippen LogP contribution in [0.15, 0.2) is 57.9 Å². The molecule has 0 aliphatic carbocycles. The van der Waals surface area contributed by atoms with E-state index in [9.17, 15) is 8.42 Å². The van der Waals surface area contributed by atoms with Gasteiger partial charge in [0, 0.05) is 13.0 Å². The van der Waals surface area contributed by atoms with Crippen molar-refractivity contribution in [3.8, 4) is 17.1 Å². The minimum absolute atomic E-state index is 0.120. The van der Waals surface area contributed by atoms with Crippen LogP contribution in [-0.4, -0.2) is 32.2 Å². The molecule has 8 heteroatoms. The molecule has 27 heavy (non-hydrogen) atoms. The average Bonchev–Trinajstić information content (AvgIpc) is 3.17. The molecule has 0 aliphatic heterocycles. The van der Waals surface area contributed by atoms with E-state index in [1.807, 2.05) is 37.3 Å². The number of aromatic nitrogens is 2. The van der Waals surface area contributed by atoms with Gasteiger partial charge in [-0.2, -0.15) is 4.98 Å². The van der Waals surface area contributed by atoms with E-state index >= 15 is 0 Å². The van der Waals surface area contributed by atoms with Gasteiger partial charge in [-0.25, -0.2) is 13.1 Å². The zero-order valence-electron chi connectivity index (χ0n) is 15.2. The second kappa shape index (κ2) is 8.32. The van der Waals surface area contributed by atoms with Crippen molar-refractivity contribution in [1.82, 2.24) is 14.9 Å². The standard InChI is InChI=1S/C19H21N3O4S/c1-3-18-21-19(22-26-18)16-13-15(9-10-17(16)25-2)27(23,24)20-12-11-14-7-5-4-6-8-14/h4-10,13,20H,3,11-12H2,1-2H3. The van der Waals surface area contributed by atoms with E-state index in [1.54, 1.807) is 6.07 Å². The van der Waals surface area contributed by atoms with Crippen LogP contribution in [0.5, 0.6) is 5.75 Å². The SMILES string of the molecule is CCc1nc(-c2cc(S(=O)(=O)NCCc3ccccc3)ccc2OC)no1. The molecule has 0 bridgehead atoms. The molecule has 7 nitrogen and oxygen atoms in total. The van der Waals surface area contributed by atoms with Gasteiger partial charge in [0.25, 0.3) is 0 Å². The summed E-state index contributed by atoms with van der Waals surface area (Å²) in [4.78, 5) is 4.38. The number of hydrogen-bond acceptors (Lipinski definition) is 6. The van der Waals surface area contributed by atoms with Crippen LogP contribution in [0.25, 0.3) is 11.4 Å². The predicted octanol–water partition coefficient (Wildman–Crippen LogP) is 2.83. The van der Waals surface area contributed by atoms with Crippen molar-refractivity contribution in [2.75, 3.05) is 13.7 Å². The normalized spacial score (nSPS) is 11.5. The topological polar surface area (TPSA) is 94.3 Å². The maximum Gasteiger partial charge on any atom is 0.240 e. The van der Waals surface area contributed by atoms with E-state index in [4.69, 9.17) is 9.26 Å². The van der Waals surface area contributed by atoms with E-state index in [1.165, 1.54) is 19.2 Å². The molecule has 3 rings (SSSR count). The molecule has 0 saturated carbocycles. The number of hydrogen-bond donors (Lipinski definition) is 1. The summed E-state index contributed by atoms with van der Waals surface area (Å²) in [5.74, 6) is 1.24. The first-order valence-electron chi connectivity index (χ1n) is 8.58. The Balaban J connectivity index is 1.81. The smallest absolute Gasteiger partial charge is 0.240 e. The highest BCUT2D eigenvalue weighted by atomic mass is 32.2. The minimum atomic E-state index is -3.68. The van der Waals surface area contributed by atoms with Crippen LogP contribution in [0.1, 0.15) is 18.4 Å². The number of nitrogens with one attached hydrogen (secondary N) is 1. The summed E-state index contributed by atoms with van der Waals surface area (Å²) < 4.78 is 38.4. The van der Waals surface area contributed by atoms with Crippen LogP contribution in [0.2, 0.25) is 0 Å². The monoisotopic (exact) mass is 387 g/mol. The first-order chi connectivity index (χ1) is 13.0. The number of sulfonamides is 1. The molecule has 0 radical (unpaired) electrons. The van der Waals surface area contributed by atoms with Crippen molar-refractivity contribution >= 4 is 10.0 Å². The van der Waals surface area contributed by atoms with E-state index in [0.29, 0.717) is 42.4 Å². The Hall–Kier alpha value is -2.71. The summed E-state index contributed by atoms with van der Waals surface area (Å²) in [6, 6.07) is 14.3. The van der Waals surface area contributed by atoms with Crippen molar-refractivity contribution in [2.45, 2.75) is 24.7 Å². The second-order valence-corrected chi connectivity index (χ2v) is 7.63. The fourth-order valence-corrected chi connectivity index (χ4v) is 3.65. The zero-order chi connectivity index (χ0) is 19.3. The molecule has 0 atom stereocenters. The van der Waals surface area contributed by atoms with Gasteiger partial charge in [-0.15, -0.1) is 0 Å². The molecule has 142 valence electrons. The van der Waals surface area contributed by atoms with Crippen molar-refractivity contribution in [2.24, 2.45) is 0 Å². The van der Waals surface area contributed by atoms with Crippen molar-refractivity contribution in [3.63, 3.8) is 0 Å². The van der Waals surface area contributed by atoms with Crippen LogP contribution < -0.4 is 9.46 Å². The summed E-state index contributed by atoms with van der Waals surface area (Å²) in [6.07, 6.45) is 1.20. The third-order valence-corrected chi connectivity index (χ3v) is 5.50. The van der Waals surface area contributed by atoms with E-state index in [2.05, 4.69) is 14.9 Å². The Morgan fingerprint density at radius 1 is 1.15 bits per heavy atom. The lowest BCUT2D eigenvalue weighted by molar-refractivity contribution is 0.382. The minimum Gasteiger partial charge on any atom is -0.496 e. The molecule has 2 aromatic carbocycles. The predicted molar refractivity (Wildman–Crippen MR) is 101 cm³/mol. The molecule has 0 amide bonds. The maximum atomic E-state index is 12.7. The second-order valence-electron chi connectivity index (χ2n) is 5.86. The van der Waals surface area contributed by atoms with Crippen molar-refractivity contribution in [3.05, 3.63) is 60.0 Å². The van der Waals surface area contributed by atoms with Gasteiger partial charge in [0.2, 0.25) is 21.7 Å². The fraction of sp³-hybridized carbons (Fsp3) is 0.263. The first-order valence-corrected chi connectivity index (χ1v) is 10.1. The summed E-state index contributed by atoms with van der Waals surface area (Å²) in [5.41, 5.74) is 1.53. The van der Waals surface area contributed by atoms with Gasteiger partial charge in [0.15, 0.2) is 0 Å². The number of nitrogens with zero attached hydrogens (tertiary/aromatic N) is 2. The molecule has 0 unspecified atom stereocenters. The van der Waals surface area contributed by atoms with Crippen molar-refractivity contribution in [1.29, 1.82) is 0 Å². The van der Waals surface area contributed by atoms with Crippen LogP contribution in [0.3, 0.4) is 0 Å². The fourth-order valence-electron chi connectivity index (χ4n) is 2.59. The van der Waals surface area contributed by atoms with Gasteiger partial charge < -0.3 is 9.26 Å². The maximum absolute atomic E-state index is 12.7. The van der Waals surface area contributed by atoms with Crippen LogP contribution in [-0.2, 0) is 22.9 Å². The number of aryl methyl sites for hydroxylation is 1. The van der Waals surface area contributed by atoms with Crippen LogP contribution in [0, 0.1) is 0 Å². The lowest BCUT2D eigenvalue weighted by atomic mass is 10.2. The third kappa shape index (κ3) is 4.53. The van der Waals surface area contributed by atoms with Gasteiger partial charge >= 0.3 is 0 Å². The molecule has 0 saturated heterocycles. The summed E-state index contributed by atoms with van der Waals surface area (Å²) in [6.45, 7) is 2.20. The summed E-state index contributed by atoms with van der Waals surface area (Å²) in [7, 11) is -2.17. The molecule has 0 fully saturated rings. The zero-order valence-corrected chi connectivity index (χ0v) is 16.0. The van der Waals surface area contributed by atoms with E-state index < -0.39 is 10.0 Å². The Labute approximate surface area is 158 Å². The number of rotatable bonds is 8. The highest BCUT2D eigenvalue weighted by Crippen LogP contribution is 2.30. The van der Waals surface area contributed by atoms with Gasteiger partial charge in [0.1, 0.15) is 5.75 Å². The van der Waals surface area contributed by atoms with Crippen molar-refractivity contribution < 1.29 is 17.7 Å². The molecule has 1 N–H and O–H groups in total. The molecular weight excluding hydrogens is 366 g/mol. The Morgan fingerprint density at radius 2 is 1.93 bits per heavy atom. The van der Waals surface area contributed by atoms with E-state index in [0.717, 1.165) is 5.56 Å². The van der Waals surface area contributed by atoms with Crippen LogP contribution in [0.4, 0.5) is 0 Å². The molecule has 3 aromatic rings. The average molecular weight is 387 g/mol. The summed E-state index contributed by atoms with van der Waals surface area (Å²) in [5, 5.41) is 3.91. The Morgan fingerprint density at radius 3 is 2.59 bits per heavy atom. The molecular formula is C19H21N3O4S. The highest BCUT2D eigenvalue weighted by molar-refractivity contribution is 7.89. The first kappa shape index (κ1) is 19.1. The number of ether oxygens (including phenoxy) is 1. The van der Waals surface area contributed by atoms with Gasteiger partial charge in [-0.3, -0.25) is 0 Å². The molecule has 1 heterocycles. The van der Waals surface area contributed by atoms with E-state index in [-0.39, 0.29) is 4.90 Å². The quantitative estimate of drug-likeness (QED) is 0.639. The lowest BCUT2D eigenvalue weighted by Gasteiger charge is -2.10. The lowest BCUT2D eigenvalue weighted by Crippen LogP contribution is -2.26. The Bertz CT molecular complexity index is 1000. The Kier molecular flexibility index (Phi) is 5.88. The molecule has 0 spiro atoms. The molecule has 0 aliphatic rings. The largest absolute Gasteiger partial charge is 0.496 e.